The molecule has 0 aliphatic heterocycles. The number of nitrogens with one attached hydrogen (secondary N) is 1. The van der Waals surface area contributed by atoms with Crippen molar-refractivity contribution in [1.82, 2.24) is 5.32 Å². The third-order valence-corrected chi connectivity index (χ3v) is 3.50. The smallest absolute Gasteiger partial charge is 0.223 e. The van der Waals surface area contributed by atoms with Gasteiger partial charge in [-0.15, -0.1) is 0 Å². The molecule has 0 aromatic carbocycles. The molecule has 80 valence electrons. The summed E-state index contributed by atoms with van der Waals surface area (Å²) in [6.45, 7) is 0.600. The van der Waals surface area contributed by atoms with E-state index in [1.807, 2.05) is 0 Å². The first-order valence-electron chi connectivity index (χ1n) is 5.81. The van der Waals surface area contributed by atoms with Gasteiger partial charge < -0.3 is 11.1 Å². The maximum atomic E-state index is 11.8. The van der Waals surface area contributed by atoms with Crippen LogP contribution in [0.2, 0.25) is 0 Å². The van der Waals surface area contributed by atoms with Crippen molar-refractivity contribution in [3.8, 4) is 0 Å². The Morgan fingerprint density at radius 1 is 1.29 bits per heavy atom. The maximum absolute atomic E-state index is 11.8. The van der Waals surface area contributed by atoms with Gasteiger partial charge >= 0.3 is 0 Å². The second kappa shape index (κ2) is 4.30. The molecule has 3 nitrogen and oxygen atoms in total. The van der Waals surface area contributed by atoms with Gasteiger partial charge in [0.15, 0.2) is 0 Å². The first-order valence-corrected chi connectivity index (χ1v) is 5.81. The third-order valence-electron chi connectivity index (χ3n) is 3.50. The number of carbonyl (C=O) groups excluding carboxylic acids is 1. The van der Waals surface area contributed by atoms with Crippen molar-refractivity contribution in [2.24, 2.45) is 17.6 Å². The van der Waals surface area contributed by atoms with E-state index in [1.54, 1.807) is 0 Å². The van der Waals surface area contributed by atoms with Crippen molar-refractivity contribution in [3.05, 3.63) is 0 Å². The van der Waals surface area contributed by atoms with E-state index in [4.69, 9.17) is 5.73 Å². The quantitative estimate of drug-likeness (QED) is 0.705. The molecule has 0 spiro atoms. The Morgan fingerprint density at radius 2 is 1.93 bits per heavy atom. The number of rotatable bonds is 4. The monoisotopic (exact) mass is 196 g/mol. The van der Waals surface area contributed by atoms with E-state index in [2.05, 4.69) is 5.32 Å². The van der Waals surface area contributed by atoms with Gasteiger partial charge in [0, 0.05) is 18.5 Å². The molecule has 0 aromatic rings. The predicted octanol–water partition coefficient (Wildman–Crippen LogP) is 1.03. The molecule has 2 rings (SSSR count). The second-order valence-corrected chi connectivity index (χ2v) is 4.67. The normalized spacial score (nSPS) is 24.9. The lowest BCUT2D eigenvalue weighted by Crippen LogP contribution is -2.44. The largest absolute Gasteiger partial charge is 0.352 e. The van der Waals surface area contributed by atoms with Crippen LogP contribution in [0, 0.1) is 11.8 Å². The minimum atomic E-state index is 0.253. The summed E-state index contributed by atoms with van der Waals surface area (Å²) in [6, 6.07) is 0.253. The average Bonchev–Trinajstić information content (AvgIpc) is 2.88. The van der Waals surface area contributed by atoms with E-state index < -0.39 is 0 Å². The molecule has 3 heteroatoms. The summed E-state index contributed by atoms with van der Waals surface area (Å²) in [5, 5.41) is 3.11. The number of hydrogen-bond donors (Lipinski definition) is 2. The van der Waals surface area contributed by atoms with Crippen LogP contribution in [0.1, 0.15) is 38.5 Å². The highest BCUT2D eigenvalue weighted by Crippen LogP contribution is 2.33. The van der Waals surface area contributed by atoms with E-state index in [1.165, 1.54) is 25.7 Å². The van der Waals surface area contributed by atoms with Crippen molar-refractivity contribution >= 4 is 5.91 Å². The molecule has 2 aliphatic carbocycles. The summed E-state index contributed by atoms with van der Waals surface area (Å²) in [4.78, 5) is 11.8. The van der Waals surface area contributed by atoms with Crippen molar-refractivity contribution < 1.29 is 4.79 Å². The zero-order valence-corrected chi connectivity index (χ0v) is 8.67. The van der Waals surface area contributed by atoms with Gasteiger partial charge in [0.1, 0.15) is 0 Å². The maximum Gasteiger partial charge on any atom is 0.223 e. The van der Waals surface area contributed by atoms with Gasteiger partial charge in [-0.2, -0.15) is 0 Å². The molecule has 2 saturated carbocycles. The Balaban J connectivity index is 1.79. The van der Waals surface area contributed by atoms with Gasteiger partial charge in [0.25, 0.3) is 0 Å². The third kappa shape index (κ3) is 2.27. The molecule has 0 heterocycles. The molecule has 1 unspecified atom stereocenters. The van der Waals surface area contributed by atoms with Gasteiger partial charge in [-0.25, -0.2) is 0 Å². The lowest BCUT2D eigenvalue weighted by Gasteiger charge is -2.18. The van der Waals surface area contributed by atoms with Gasteiger partial charge in [-0.1, -0.05) is 12.8 Å². The van der Waals surface area contributed by atoms with Crippen molar-refractivity contribution in [3.63, 3.8) is 0 Å². The summed E-state index contributed by atoms with van der Waals surface area (Å²) < 4.78 is 0. The van der Waals surface area contributed by atoms with Crippen LogP contribution >= 0.6 is 0 Å². The zero-order chi connectivity index (χ0) is 9.97. The fourth-order valence-corrected chi connectivity index (χ4v) is 2.36. The molecule has 2 aliphatic rings. The summed E-state index contributed by atoms with van der Waals surface area (Å²) in [5.41, 5.74) is 5.65. The first kappa shape index (κ1) is 9.97. The molecule has 3 N–H and O–H groups in total. The molecule has 0 aromatic heterocycles. The second-order valence-electron chi connectivity index (χ2n) is 4.67. The van der Waals surface area contributed by atoms with Crippen molar-refractivity contribution in [2.75, 3.05) is 6.54 Å². The summed E-state index contributed by atoms with van der Waals surface area (Å²) in [5.74, 6) is 1.21. The van der Waals surface area contributed by atoms with Crippen molar-refractivity contribution in [2.45, 2.75) is 44.6 Å². The van der Waals surface area contributed by atoms with Gasteiger partial charge in [-0.05, 0) is 31.6 Å². The van der Waals surface area contributed by atoms with E-state index in [-0.39, 0.29) is 17.9 Å². The fourth-order valence-electron chi connectivity index (χ4n) is 2.36. The minimum absolute atomic E-state index is 0.253. The highest BCUT2D eigenvalue weighted by Gasteiger charge is 2.33. The summed E-state index contributed by atoms with van der Waals surface area (Å²) >= 11 is 0. The van der Waals surface area contributed by atoms with E-state index in [9.17, 15) is 4.79 Å². The van der Waals surface area contributed by atoms with Crippen LogP contribution in [0.4, 0.5) is 0 Å². The zero-order valence-electron chi connectivity index (χ0n) is 8.67. The Kier molecular flexibility index (Phi) is 3.06. The summed E-state index contributed by atoms with van der Waals surface area (Å²) in [7, 11) is 0. The SMILES string of the molecule is NCC(NC(=O)C1CCCC1)C1CC1. The molecule has 2 fully saturated rings. The van der Waals surface area contributed by atoms with Crippen LogP contribution in [0.5, 0.6) is 0 Å². The summed E-state index contributed by atoms with van der Waals surface area (Å²) in [6.07, 6.45) is 7.07. The van der Waals surface area contributed by atoms with Gasteiger partial charge in [0.05, 0.1) is 0 Å². The fraction of sp³-hybridized carbons (Fsp3) is 0.909. The first-order chi connectivity index (χ1) is 6.81. The Morgan fingerprint density at radius 3 is 2.43 bits per heavy atom. The molecule has 14 heavy (non-hydrogen) atoms. The van der Waals surface area contributed by atoms with Crippen LogP contribution in [-0.4, -0.2) is 18.5 Å². The lowest BCUT2D eigenvalue weighted by molar-refractivity contribution is -0.125. The van der Waals surface area contributed by atoms with Crippen LogP contribution < -0.4 is 11.1 Å². The van der Waals surface area contributed by atoms with Crippen molar-refractivity contribution in [1.29, 1.82) is 0 Å². The molecule has 0 bridgehead atoms. The van der Waals surface area contributed by atoms with Gasteiger partial charge in [0.2, 0.25) is 5.91 Å². The molecule has 0 radical (unpaired) electrons. The number of carbonyl (C=O) groups is 1. The highest BCUT2D eigenvalue weighted by molar-refractivity contribution is 5.79. The number of hydrogen-bond acceptors (Lipinski definition) is 2. The molecule has 0 saturated heterocycles. The van der Waals surface area contributed by atoms with Crippen LogP contribution in [0.15, 0.2) is 0 Å². The van der Waals surface area contributed by atoms with Gasteiger partial charge in [-0.3, -0.25) is 4.79 Å². The van der Waals surface area contributed by atoms with Crippen LogP contribution in [0.3, 0.4) is 0 Å². The lowest BCUT2D eigenvalue weighted by atomic mass is 10.1. The minimum Gasteiger partial charge on any atom is -0.352 e. The van der Waals surface area contributed by atoms with Crippen LogP contribution in [0.25, 0.3) is 0 Å². The molecular weight excluding hydrogens is 176 g/mol. The molecular formula is C11H20N2O. The van der Waals surface area contributed by atoms with E-state index in [0.717, 1.165) is 12.8 Å². The Labute approximate surface area is 85.4 Å². The standard InChI is InChI=1S/C11H20N2O/c12-7-10(8-5-6-8)13-11(14)9-3-1-2-4-9/h8-10H,1-7,12H2,(H,13,14). The van der Waals surface area contributed by atoms with E-state index >= 15 is 0 Å². The average molecular weight is 196 g/mol. The van der Waals surface area contributed by atoms with E-state index in [0.29, 0.717) is 12.5 Å². The number of amides is 1. The highest BCUT2D eigenvalue weighted by atomic mass is 16.1. The predicted molar refractivity (Wildman–Crippen MR) is 55.7 cm³/mol. The Hall–Kier alpha value is -0.570. The van der Waals surface area contributed by atoms with Crippen LogP contribution in [-0.2, 0) is 4.79 Å². The molecule has 1 amide bonds. The topological polar surface area (TPSA) is 55.1 Å². The molecule has 1 atom stereocenters. The Bertz CT molecular complexity index is 207. The number of nitrogens with two attached hydrogens (primary N) is 1.